The standard InChI is InChI=1S/C14H18N2O2S/c1-9-8-16-14(19-9)7-11(15)10-4-5-12(17-2)13(6-10)18-3/h4-6,8,11H,7,15H2,1-3H3. The van der Waals surface area contributed by atoms with Crippen LogP contribution in [0.5, 0.6) is 11.5 Å². The van der Waals surface area contributed by atoms with Gasteiger partial charge in [0.05, 0.1) is 19.2 Å². The third kappa shape index (κ3) is 3.24. The Kier molecular flexibility index (Phi) is 4.39. The van der Waals surface area contributed by atoms with Crippen molar-refractivity contribution >= 4 is 11.3 Å². The summed E-state index contributed by atoms with van der Waals surface area (Å²) in [6, 6.07) is 5.67. The molecule has 1 unspecified atom stereocenters. The van der Waals surface area contributed by atoms with Crippen molar-refractivity contribution < 1.29 is 9.47 Å². The number of thiazole rings is 1. The third-order valence-electron chi connectivity index (χ3n) is 2.90. The molecule has 2 rings (SSSR count). The lowest BCUT2D eigenvalue weighted by Gasteiger charge is -2.14. The lowest BCUT2D eigenvalue weighted by atomic mass is 10.0. The number of hydrogen-bond acceptors (Lipinski definition) is 5. The Morgan fingerprint density at radius 2 is 2.00 bits per heavy atom. The van der Waals surface area contributed by atoms with Crippen LogP contribution in [-0.4, -0.2) is 19.2 Å². The first kappa shape index (κ1) is 13.8. The zero-order valence-electron chi connectivity index (χ0n) is 11.3. The lowest BCUT2D eigenvalue weighted by molar-refractivity contribution is 0.354. The molecule has 1 atom stereocenters. The van der Waals surface area contributed by atoms with Crippen molar-refractivity contribution in [2.45, 2.75) is 19.4 Å². The summed E-state index contributed by atoms with van der Waals surface area (Å²) in [7, 11) is 3.24. The molecule has 0 aliphatic rings. The summed E-state index contributed by atoms with van der Waals surface area (Å²) in [5.41, 5.74) is 7.24. The van der Waals surface area contributed by atoms with E-state index < -0.39 is 0 Å². The Balaban J connectivity index is 2.16. The molecular weight excluding hydrogens is 260 g/mol. The molecule has 0 saturated carbocycles. The van der Waals surface area contributed by atoms with Gasteiger partial charge in [-0.25, -0.2) is 4.98 Å². The number of aromatic nitrogens is 1. The van der Waals surface area contributed by atoms with Crippen molar-refractivity contribution in [1.82, 2.24) is 4.98 Å². The van der Waals surface area contributed by atoms with E-state index in [1.54, 1.807) is 25.6 Å². The van der Waals surface area contributed by atoms with Crippen LogP contribution in [0.15, 0.2) is 24.4 Å². The number of rotatable bonds is 5. The van der Waals surface area contributed by atoms with Gasteiger partial charge in [0.2, 0.25) is 0 Å². The van der Waals surface area contributed by atoms with Gasteiger partial charge in [0.25, 0.3) is 0 Å². The minimum atomic E-state index is -0.0923. The zero-order chi connectivity index (χ0) is 13.8. The molecular formula is C14H18N2O2S. The summed E-state index contributed by atoms with van der Waals surface area (Å²) in [5, 5.41) is 1.06. The first-order chi connectivity index (χ1) is 9.13. The molecule has 5 heteroatoms. The fourth-order valence-corrected chi connectivity index (χ4v) is 2.73. The van der Waals surface area contributed by atoms with Gasteiger partial charge in [-0.05, 0) is 24.6 Å². The normalized spacial score (nSPS) is 12.2. The van der Waals surface area contributed by atoms with Gasteiger partial charge in [-0.1, -0.05) is 6.07 Å². The maximum atomic E-state index is 6.22. The average Bonchev–Trinajstić information content (AvgIpc) is 2.83. The molecule has 102 valence electrons. The molecule has 1 heterocycles. The highest BCUT2D eigenvalue weighted by Gasteiger charge is 2.12. The first-order valence-corrected chi connectivity index (χ1v) is 6.84. The summed E-state index contributed by atoms with van der Waals surface area (Å²) in [4.78, 5) is 5.54. The Morgan fingerprint density at radius 3 is 2.58 bits per heavy atom. The SMILES string of the molecule is COc1ccc(C(N)Cc2ncc(C)s2)cc1OC. The number of aryl methyl sites for hydroxylation is 1. The second-order valence-electron chi connectivity index (χ2n) is 4.29. The highest BCUT2D eigenvalue weighted by atomic mass is 32.1. The Hall–Kier alpha value is -1.59. The summed E-state index contributed by atoms with van der Waals surface area (Å²) in [6.45, 7) is 2.04. The van der Waals surface area contributed by atoms with Crippen LogP contribution in [0.1, 0.15) is 21.5 Å². The Bertz CT molecular complexity index is 554. The van der Waals surface area contributed by atoms with Crippen LogP contribution in [0.25, 0.3) is 0 Å². The largest absolute Gasteiger partial charge is 0.493 e. The van der Waals surface area contributed by atoms with Crippen molar-refractivity contribution in [3.05, 3.63) is 39.8 Å². The fraction of sp³-hybridized carbons (Fsp3) is 0.357. The van der Waals surface area contributed by atoms with Gasteiger partial charge in [-0.2, -0.15) is 0 Å². The van der Waals surface area contributed by atoms with E-state index in [1.807, 2.05) is 31.3 Å². The highest BCUT2D eigenvalue weighted by molar-refractivity contribution is 7.11. The van der Waals surface area contributed by atoms with E-state index in [1.165, 1.54) is 4.88 Å². The quantitative estimate of drug-likeness (QED) is 0.913. The summed E-state index contributed by atoms with van der Waals surface area (Å²) in [6.07, 6.45) is 2.61. The molecule has 1 aromatic carbocycles. The van der Waals surface area contributed by atoms with E-state index in [4.69, 9.17) is 15.2 Å². The molecule has 0 bridgehead atoms. The van der Waals surface area contributed by atoms with Gasteiger partial charge in [-0.15, -0.1) is 11.3 Å². The monoisotopic (exact) mass is 278 g/mol. The van der Waals surface area contributed by atoms with E-state index in [2.05, 4.69) is 4.98 Å². The molecule has 0 aliphatic heterocycles. The van der Waals surface area contributed by atoms with Gasteiger partial charge in [-0.3, -0.25) is 0 Å². The van der Waals surface area contributed by atoms with E-state index in [0.717, 1.165) is 17.0 Å². The van der Waals surface area contributed by atoms with E-state index in [-0.39, 0.29) is 6.04 Å². The topological polar surface area (TPSA) is 57.4 Å². The summed E-state index contributed by atoms with van der Waals surface area (Å²) in [5.74, 6) is 1.41. The van der Waals surface area contributed by atoms with Crippen LogP contribution >= 0.6 is 11.3 Å². The predicted octanol–water partition coefficient (Wildman–Crippen LogP) is 2.71. The van der Waals surface area contributed by atoms with Crippen LogP contribution < -0.4 is 15.2 Å². The van der Waals surface area contributed by atoms with Crippen molar-refractivity contribution in [2.75, 3.05) is 14.2 Å². The van der Waals surface area contributed by atoms with Crippen LogP contribution in [0.3, 0.4) is 0 Å². The molecule has 0 radical (unpaired) electrons. The number of nitrogens with zero attached hydrogens (tertiary/aromatic N) is 1. The molecule has 0 saturated heterocycles. The minimum Gasteiger partial charge on any atom is -0.493 e. The third-order valence-corrected chi connectivity index (χ3v) is 3.83. The molecule has 2 N–H and O–H groups in total. The molecule has 1 aromatic heterocycles. The van der Waals surface area contributed by atoms with Crippen molar-refractivity contribution in [3.63, 3.8) is 0 Å². The van der Waals surface area contributed by atoms with Crippen LogP contribution in [0, 0.1) is 6.92 Å². The molecule has 0 fully saturated rings. The van der Waals surface area contributed by atoms with Crippen molar-refractivity contribution in [3.8, 4) is 11.5 Å². The van der Waals surface area contributed by atoms with Crippen LogP contribution in [0.4, 0.5) is 0 Å². The summed E-state index contributed by atoms with van der Waals surface area (Å²) < 4.78 is 10.5. The molecule has 2 aromatic rings. The second-order valence-corrected chi connectivity index (χ2v) is 5.61. The van der Waals surface area contributed by atoms with Crippen LogP contribution in [-0.2, 0) is 6.42 Å². The van der Waals surface area contributed by atoms with Gasteiger partial charge in [0, 0.05) is 23.5 Å². The Labute approximate surface area is 117 Å². The molecule has 19 heavy (non-hydrogen) atoms. The van der Waals surface area contributed by atoms with Gasteiger partial charge in [0.1, 0.15) is 0 Å². The maximum Gasteiger partial charge on any atom is 0.161 e. The van der Waals surface area contributed by atoms with E-state index in [0.29, 0.717) is 11.5 Å². The van der Waals surface area contributed by atoms with Crippen molar-refractivity contribution in [2.24, 2.45) is 5.73 Å². The van der Waals surface area contributed by atoms with Gasteiger partial charge in [0.15, 0.2) is 11.5 Å². The minimum absolute atomic E-state index is 0.0923. The first-order valence-electron chi connectivity index (χ1n) is 6.03. The number of nitrogens with two attached hydrogens (primary N) is 1. The predicted molar refractivity (Wildman–Crippen MR) is 77.0 cm³/mol. The molecule has 4 nitrogen and oxygen atoms in total. The fourth-order valence-electron chi connectivity index (χ4n) is 1.89. The molecule has 0 aliphatic carbocycles. The Morgan fingerprint density at radius 1 is 1.26 bits per heavy atom. The number of ether oxygens (including phenoxy) is 2. The average molecular weight is 278 g/mol. The molecule has 0 spiro atoms. The number of benzene rings is 1. The van der Waals surface area contributed by atoms with Crippen molar-refractivity contribution in [1.29, 1.82) is 0 Å². The van der Waals surface area contributed by atoms with Gasteiger partial charge >= 0.3 is 0 Å². The highest BCUT2D eigenvalue weighted by Crippen LogP contribution is 2.30. The second kappa shape index (κ2) is 6.04. The molecule has 0 amide bonds. The summed E-state index contributed by atoms with van der Waals surface area (Å²) >= 11 is 1.68. The number of hydrogen-bond donors (Lipinski definition) is 1. The maximum absolute atomic E-state index is 6.22. The van der Waals surface area contributed by atoms with E-state index in [9.17, 15) is 0 Å². The number of methoxy groups -OCH3 is 2. The van der Waals surface area contributed by atoms with Gasteiger partial charge < -0.3 is 15.2 Å². The van der Waals surface area contributed by atoms with Crippen LogP contribution in [0.2, 0.25) is 0 Å². The lowest BCUT2D eigenvalue weighted by Crippen LogP contribution is -2.13. The zero-order valence-corrected chi connectivity index (χ0v) is 12.2. The van der Waals surface area contributed by atoms with E-state index >= 15 is 0 Å². The smallest absolute Gasteiger partial charge is 0.161 e.